The number of aromatic nitrogens is 1. The van der Waals surface area contributed by atoms with Gasteiger partial charge >= 0.3 is 0 Å². The molecule has 0 bridgehead atoms. The van der Waals surface area contributed by atoms with Gasteiger partial charge in [0.1, 0.15) is 19.0 Å². The molecule has 0 saturated heterocycles. The van der Waals surface area contributed by atoms with Crippen molar-refractivity contribution in [2.45, 2.75) is 39.7 Å². The van der Waals surface area contributed by atoms with Gasteiger partial charge in [0.25, 0.3) is 0 Å². The van der Waals surface area contributed by atoms with Crippen molar-refractivity contribution in [1.29, 1.82) is 0 Å². The third-order valence-electron chi connectivity index (χ3n) is 5.24. The molecule has 4 aromatic rings. The van der Waals surface area contributed by atoms with E-state index in [0.29, 0.717) is 31.5 Å². The van der Waals surface area contributed by atoms with Crippen molar-refractivity contribution >= 4 is 0 Å². The zero-order chi connectivity index (χ0) is 23.8. The molecule has 5 heteroatoms. The van der Waals surface area contributed by atoms with Crippen LogP contribution < -0.4 is 19.9 Å². The smallest absolute Gasteiger partial charge is 0.225 e. The topological polar surface area (TPSA) is 66.6 Å². The lowest BCUT2D eigenvalue weighted by Crippen LogP contribution is -2.09. The van der Waals surface area contributed by atoms with Gasteiger partial charge in [0.2, 0.25) is 11.8 Å². The minimum absolute atomic E-state index is 0.0428. The third-order valence-corrected chi connectivity index (χ3v) is 5.24. The molecular formula is C29H30N2O3. The summed E-state index contributed by atoms with van der Waals surface area (Å²) in [7, 11) is 0. The molecule has 1 aromatic heterocycles. The Morgan fingerprint density at radius 2 is 1.41 bits per heavy atom. The van der Waals surface area contributed by atoms with Gasteiger partial charge in [-0.3, -0.25) is 0 Å². The molecule has 4 rings (SSSR count). The summed E-state index contributed by atoms with van der Waals surface area (Å²) in [5, 5.41) is 0. The second-order valence-electron chi connectivity index (χ2n) is 8.24. The van der Waals surface area contributed by atoms with Crippen LogP contribution in [0.15, 0.2) is 91.0 Å². The molecule has 0 aliphatic heterocycles. The summed E-state index contributed by atoms with van der Waals surface area (Å²) in [6.45, 7) is 5.25. The zero-order valence-electron chi connectivity index (χ0n) is 19.6. The lowest BCUT2D eigenvalue weighted by molar-refractivity contribution is 0.240. The number of nitrogens with zero attached hydrogens (tertiary/aromatic N) is 1. The van der Waals surface area contributed by atoms with Gasteiger partial charge in [-0.2, -0.15) is 4.98 Å². The predicted octanol–water partition coefficient (Wildman–Crippen LogP) is 6.15. The highest BCUT2D eigenvalue weighted by Gasteiger charge is 2.14. The predicted molar refractivity (Wildman–Crippen MR) is 135 cm³/mol. The van der Waals surface area contributed by atoms with Crippen molar-refractivity contribution in [2.24, 2.45) is 5.73 Å². The lowest BCUT2D eigenvalue weighted by Gasteiger charge is -2.17. The lowest BCUT2D eigenvalue weighted by atomic mass is 10.0. The quantitative estimate of drug-likeness (QED) is 0.311. The highest BCUT2D eigenvalue weighted by molar-refractivity contribution is 5.71. The number of ether oxygens (including phenoxy) is 3. The third kappa shape index (κ3) is 6.15. The van der Waals surface area contributed by atoms with Crippen molar-refractivity contribution in [1.82, 2.24) is 4.98 Å². The van der Waals surface area contributed by atoms with Gasteiger partial charge < -0.3 is 19.9 Å². The average molecular weight is 455 g/mol. The van der Waals surface area contributed by atoms with E-state index < -0.39 is 0 Å². The van der Waals surface area contributed by atoms with Crippen LogP contribution in [0.1, 0.15) is 30.5 Å². The maximum atomic E-state index is 6.19. The molecular weight excluding hydrogens is 424 g/mol. The fourth-order valence-electron chi connectivity index (χ4n) is 3.55. The van der Waals surface area contributed by atoms with Crippen LogP contribution in [0.2, 0.25) is 0 Å². The first-order chi connectivity index (χ1) is 16.6. The minimum Gasteiger partial charge on any atom is -0.491 e. The largest absolute Gasteiger partial charge is 0.491 e. The molecule has 0 amide bonds. The zero-order valence-corrected chi connectivity index (χ0v) is 19.6. The number of hydrogen-bond acceptors (Lipinski definition) is 5. The summed E-state index contributed by atoms with van der Waals surface area (Å²) in [5.41, 5.74) is 10.8. The Labute approximate surface area is 201 Å². The first-order valence-corrected chi connectivity index (χ1v) is 11.5. The maximum absolute atomic E-state index is 6.19. The average Bonchev–Trinajstić information content (AvgIpc) is 2.87. The highest BCUT2D eigenvalue weighted by Crippen LogP contribution is 2.35. The molecule has 0 fully saturated rings. The molecule has 0 unspecified atom stereocenters. The summed E-state index contributed by atoms with van der Waals surface area (Å²) < 4.78 is 18.2. The monoisotopic (exact) mass is 454 g/mol. The van der Waals surface area contributed by atoms with Crippen molar-refractivity contribution in [3.63, 3.8) is 0 Å². The normalized spacial score (nSPS) is 10.8. The molecule has 2 N–H and O–H groups in total. The van der Waals surface area contributed by atoms with Crippen molar-refractivity contribution in [2.75, 3.05) is 0 Å². The maximum Gasteiger partial charge on any atom is 0.225 e. The summed E-state index contributed by atoms with van der Waals surface area (Å²) in [6, 6.07) is 29.9. The van der Waals surface area contributed by atoms with E-state index in [4.69, 9.17) is 24.9 Å². The number of rotatable bonds is 10. The van der Waals surface area contributed by atoms with E-state index in [1.807, 2.05) is 105 Å². The van der Waals surface area contributed by atoms with Gasteiger partial charge in [-0.05, 0) is 42.7 Å². The van der Waals surface area contributed by atoms with Crippen LogP contribution in [0.4, 0.5) is 0 Å². The van der Waals surface area contributed by atoms with Gasteiger partial charge in [-0.25, -0.2) is 0 Å². The van der Waals surface area contributed by atoms with Gasteiger partial charge in [-0.15, -0.1) is 0 Å². The van der Waals surface area contributed by atoms with Gasteiger partial charge in [-0.1, -0.05) is 72.8 Å². The van der Waals surface area contributed by atoms with Crippen LogP contribution in [0.3, 0.4) is 0 Å². The Morgan fingerprint density at radius 1 is 0.765 bits per heavy atom. The Balaban J connectivity index is 1.64. The Morgan fingerprint density at radius 3 is 2.03 bits per heavy atom. The molecule has 1 heterocycles. The standard InChI is InChI=1S/C29H30N2O3/c1-21(2)34-27-17-24(13-14-25(27)18-30)26-15-16-28(32-19-22-9-5-3-6-10-22)31-29(26)33-20-23-11-7-4-8-12-23/h3-17,21H,18-20,30H2,1-2H3. The molecule has 0 spiro atoms. The summed E-state index contributed by atoms with van der Waals surface area (Å²) in [4.78, 5) is 4.70. The second kappa shape index (κ2) is 11.3. The van der Waals surface area contributed by atoms with Crippen LogP contribution in [-0.2, 0) is 19.8 Å². The number of pyridine rings is 1. The van der Waals surface area contributed by atoms with E-state index >= 15 is 0 Å². The van der Waals surface area contributed by atoms with E-state index in [1.165, 1.54) is 0 Å². The van der Waals surface area contributed by atoms with E-state index in [9.17, 15) is 0 Å². The number of hydrogen-bond donors (Lipinski definition) is 1. The van der Waals surface area contributed by atoms with Crippen LogP contribution >= 0.6 is 0 Å². The number of nitrogens with two attached hydrogens (primary N) is 1. The molecule has 0 aliphatic rings. The van der Waals surface area contributed by atoms with Gasteiger partial charge in [0.15, 0.2) is 0 Å². The first-order valence-electron chi connectivity index (χ1n) is 11.5. The Hall–Kier alpha value is -3.83. The fraction of sp³-hybridized carbons (Fsp3) is 0.207. The van der Waals surface area contributed by atoms with E-state index in [2.05, 4.69) is 0 Å². The molecule has 0 radical (unpaired) electrons. The van der Waals surface area contributed by atoms with Gasteiger partial charge in [0, 0.05) is 23.7 Å². The van der Waals surface area contributed by atoms with E-state index in [-0.39, 0.29) is 6.10 Å². The molecule has 174 valence electrons. The minimum atomic E-state index is 0.0428. The summed E-state index contributed by atoms with van der Waals surface area (Å²) >= 11 is 0. The Kier molecular flexibility index (Phi) is 7.79. The van der Waals surface area contributed by atoms with Crippen molar-refractivity contribution in [3.05, 3.63) is 108 Å². The molecule has 5 nitrogen and oxygen atoms in total. The van der Waals surface area contributed by atoms with E-state index in [1.54, 1.807) is 0 Å². The van der Waals surface area contributed by atoms with Crippen LogP contribution in [0.25, 0.3) is 11.1 Å². The first kappa shape index (κ1) is 23.3. The number of benzene rings is 3. The van der Waals surface area contributed by atoms with Crippen molar-refractivity contribution < 1.29 is 14.2 Å². The molecule has 34 heavy (non-hydrogen) atoms. The van der Waals surface area contributed by atoms with Crippen molar-refractivity contribution in [3.8, 4) is 28.6 Å². The summed E-state index contributed by atoms with van der Waals surface area (Å²) in [5.74, 6) is 1.78. The molecule has 0 saturated carbocycles. The van der Waals surface area contributed by atoms with E-state index in [0.717, 1.165) is 33.6 Å². The molecule has 0 aliphatic carbocycles. The van der Waals surface area contributed by atoms with Crippen LogP contribution in [0, 0.1) is 0 Å². The SMILES string of the molecule is CC(C)Oc1cc(-c2ccc(OCc3ccccc3)nc2OCc2ccccc2)ccc1CN. The fourth-order valence-corrected chi connectivity index (χ4v) is 3.55. The van der Waals surface area contributed by atoms with Gasteiger partial charge in [0.05, 0.1) is 6.10 Å². The Bertz CT molecular complexity index is 1190. The summed E-state index contributed by atoms with van der Waals surface area (Å²) in [6.07, 6.45) is 0.0428. The molecule has 0 atom stereocenters. The van der Waals surface area contributed by atoms with Crippen LogP contribution in [0.5, 0.6) is 17.5 Å². The second-order valence-corrected chi connectivity index (χ2v) is 8.24. The van der Waals surface area contributed by atoms with Crippen LogP contribution in [-0.4, -0.2) is 11.1 Å². The molecule has 3 aromatic carbocycles. The highest BCUT2D eigenvalue weighted by atomic mass is 16.5.